The Morgan fingerprint density at radius 3 is 2.61 bits per heavy atom. The lowest BCUT2D eigenvalue weighted by atomic mass is 10.0. The molecule has 33 heavy (non-hydrogen) atoms. The van der Waals surface area contributed by atoms with Gasteiger partial charge in [-0.05, 0) is 44.5 Å². The molecule has 0 saturated heterocycles. The number of carbonyl (C=O) groups excluding carboxylic acids is 2. The second-order valence-corrected chi connectivity index (χ2v) is 9.04. The number of hydrogen-bond donors (Lipinski definition) is 1. The summed E-state index contributed by atoms with van der Waals surface area (Å²) in [5.41, 5.74) is 2.29. The van der Waals surface area contributed by atoms with Crippen molar-refractivity contribution >= 4 is 39.1 Å². The summed E-state index contributed by atoms with van der Waals surface area (Å²) in [6.07, 6.45) is 1.15. The van der Waals surface area contributed by atoms with Gasteiger partial charge in [0.05, 0.1) is 23.4 Å². The van der Waals surface area contributed by atoms with E-state index in [1.54, 1.807) is 38.1 Å². The number of ether oxygens (including phenoxy) is 1. The number of anilines is 1. The standard InChI is InChI=1S/C25H23N3O4S/c1-15(2)32-25(31)18-10-7-11-19(12-18)27-20(29)13-28-14-26-23-22(24(28)30)21(16(3)33-23)17-8-5-4-6-9-17/h4-12,14-15H,13H2,1-3H3,(H,27,29). The maximum Gasteiger partial charge on any atom is 0.338 e. The van der Waals surface area contributed by atoms with Gasteiger partial charge in [-0.2, -0.15) is 0 Å². The van der Waals surface area contributed by atoms with Crippen LogP contribution in [0.15, 0.2) is 65.7 Å². The summed E-state index contributed by atoms with van der Waals surface area (Å²) in [5.74, 6) is -0.867. The minimum absolute atomic E-state index is 0.203. The van der Waals surface area contributed by atoms with Crippen molar-refractivity contribution < 1.29 is 14.3 Å². The first-order valence-electron chi connectivity index (χ1n) is 10.5. The zero-order chi connectivity index (χ0) is 23.5. The van der Waals surface area contributed by atoms with Crippen molar-refractivity contribution in [1.29, 1.82) is 0 Å². The Bertz CT molecular complexity index is 1390. The summed E-state index contributed by atoms with van der Waals surface area (Å²) in [6.45, 7) is 5.29. The van der Waals surface area contributed by atoms with Crippen molar-refractivity contribution in [3.05, 3.63) is 81.7 Å². The molecule has 0 fully saturated rings. The van der Waals surface area contributed by atoms with E-state index in [-0.39, 0.29) is 18.2 Å². The Balaban J connectivity index is 1.59. The summed E-state index contributed by atoms with van der Waals surface area (Å²) in [7, 11) is 0. The van der Waals surface area contributed by atoms with Crippen LogP contribution in [0.2, 0.25) is 0 Å². The van der Waals surface area contributed by atoms with Gasteiger partial charge >= 0.3 is 5.97 Å². The number of aryl methyl sites for hydroxylation is 1. The molecule has 0 spiro atoms. The molecular weight excluding hydrogens is 438 g/mol. The number of rotatable bonds is 6. The number of esters is 1. The van der Waals surface area contributed by atoms with Crippen molar-refractivity contribution in [1.82, 2.24) is 9.55 Å². The average Bonchev–Trinajstić information content (AvgIpc) is 3.12. The summed E-state index contributed by atoms with van der Waals surface area (Å²) in [4.78, 5) is 44.1. The number of aromatic nitrogens is 2. The highest BCUT2D eigenvalue weighted by Gasteiger charge is 2.18. The van der Waals surface area contributed by atoms with Crippen molar-refractivity contribution in [2.45, 2.75) is 33.4 Å². The van der Waals surface area contributed by atoms with E-state index >= 15 is 0 Å². The molecule has 4 rings (SSSR count). The highest BCUT2D eigenvalue weighted by molar-refractivity contribution is 7.19. The van der Waals surface area contributed by atoms with E-state index in [9.17, 15) is 14.4 Å². The van der Waals surface area contributed by atoms with Crippen LogP contribution in [0.3, 0.4) is 0 Å². The van der Waals surface area contributed by atoms with E-state index in [1.807, 2.05) is 37.3 Å². The van der Waals surface area contributed by atoms with Crippen LogP contribution >= 0.6 is 11.3 Å². The molecule has 0 saturated carbocycles. The SMILES string of the molecule is Cc1sc2ncn(CC(=O)Nc3cccc(C(=O)OC(C)C)c3)c(=O)c2c1-c1ccccc1. The molecule has 2 heterocycles. The van der Waals surface area contributed by atoms with Crippen LogP contribution in [-0.4, -0.2) is 27.5 Å². The number of nitrogens with one attached hydrogen (secondary N) is 1. The van der Waals surface area contributed by atoms with Gasteiger partial charge in [0.25, 0.3) is 5.56 Å². The second kappa shape index (κ2) is 9.38. The zero-order valence-electron chi connectivity index (χ0n) is 18.5. The van der Waals surface area contributed by atoms with Crippen molar-refractivity contribution in [2.24, 2.45) is 0 Å². The monoisotopic (exact) mass is 461 g/mol. The van der Waals surface area contributed by atoms with E-state index in [0.29, 0.717) is 21.5 Å². The van der Waals surface area contributed by atoms with Crippen LogP contribution < -0.4 is 10.9 Å². The van der Waals surface area contributed by atoms with Crippen molar-refractivity contribution in [3.63, 3.8) is 0 Å². The molecule has 2 aromatic carbocycles. The predicted molar refractivity (Wildman–Crippen MR) is 130 cm³/mol. The molecule has 1 amide bonds. The van der Waals surface area contributed by atoms with E-state index in [2.05, 4.69) is 10.3 Å². The van der Waals surface area contributed by atoms with E-state index in [1.165, 1.54) is 22.2 Å². The lowest BCUT2D eigenvalue weighted by Crippen LogP contribution is -2.27. The molecule has 0 atom stereocenters. The van der Waals surface area contributed by atoms with Crippen LogP contribution in [-0.2, 0) is 16.1 Å². The first kappa shape index (κ1) is 22.4. The van der Waals surface area contributed by atoms with Gasteiger partial charge in [0.1, 0.15) is 11.4 Å². The fraction of sp³-hybridized carbons (Fsp3) is 0.200. The first-order valence-corrected chi connectivity index (χ1v) is 11.3. The number of fused-ring (bicyclic) bond motifs is 1. The van der Waals surface area contributed by atoms with E-state index in [4.69, 9.17) is 4.74 Å². The normalized spacial score (nSPS) is 11.0. The molecule has 0 bridgehead atoms. The highest BCUT2D eigenvalue weighted by atomic mass is 32.1. The van der Waals surface area contributed by atoms with Crippen molar-refractivity contribution in [3.8, 4) is 11.1 Å². The molecule has 8 heteroatoms. The summed E-state index contributed by atoms with van der Waals surface area (Å²) < 4.78 is 6.49. The molecular formula is C25H23N3O4S. The lowest BCUT2D eigenvalue weighted by molar-refractivity contribution is -0.116. The fourth-order valence-electron chi connectivity index (χ4n) is 3.56. The Morgan fingerprint density at radius 1 is 1.12 bits per heavy atom. The topological polar surface area (TPSA) is 90.3 Å². The largest absolute Gasteiger partial charge is 0.459 e. The van der Waals surface area contributed by atoms with Gasteiger partial charge in [-0.15, -0.1) is 11.3 Å². The fourth-order valence-corrected chi connectivity index (χ4v) is 4.57. The number of thiophene rings is 1. The number of hydrogen-bond acceptors (Lipinski definition) is 6. The third-order valence-electron chi connectivity index (χ3n) is 4.96. The van der Waals surface area contributed by atoms with Crippen LogP contribution in [0.4, 0.5) is 5.69 Å². The molecule has 4 aromatic rings. The third kappa shape index (κ3) is 4.85. The quantitative estimate of drug-likeness (QED) is 0.423. The van der Waals surface area contributed by atoms with Gasteiger partial charge in [-0.25, -0.2) is 9.78 Å². The maximum atomic E-state index is 13.3. The highest BCUT2D eigenvalue weighted by Crippen LogP contribution is 2.35. The Morgan fingerprint density at radius 2 is 1.88 bits per heavy atom. The van der Waals surface area contributed by atoms with Crippen molar-refractivity contribution in [2.75, 3.05) is 5.32 Å². The molecule has 0 unspecified atom stereocenters. The van der Waals surface area contributed by atoms with Gasteiger partial charge in [0.2, 0.25) is 5.91 Å². The van der Waals surface area contributed by atoms with E-state index in [0.717, 1.165) is 16.0 Å². The number of nitrogens with zero attached hydrogens (tertiary/aromatic N) is 2. The number of amides is 1. The Hall–Kier alpha value is -3.78. The van der Waals surface area contributed by atoms with Gasteiger partial charge < -0.3 is 10.1 Å². The average molecular weight is 462 g/mol. The minimum Gasteiger partial charge on any atom is -0.459 e. The number of carbonyl (C=O) groups is 2. The minimum atomic E-state index is -0.465. The first-order chi connectivity index (χ1) is 15.8. The Labute approximate surface area is 194 Å². The smallest absolute Gasteiger partial charge is 0.338 e. The summed E-state index contributed by atoms with van der Waals surface area (Å²) >= 11 is 1.46. The molecule has 168 valence electrons. The van der Waals surface area contributed by atoms with Gasteiger partial charge in [0.15, 0.2) is 0 Å². The molecule has 0 radical (unpaired) electrons. The lowest BCUT2D eigenvalue weighted by Gasteiger charge is -2.10. The second-order valence-electron chi connectivity index (χ2n) is 7.84. The summed E-state index contributed by atoms with van der Waals surface area (Å²) in [6, 6.07) is 16.2. The number of benzene rings is 2. The molecule has 1 N–H and O–H groups in total. The van der Waals surface area contributed by atoms with Crippen LogP contribution in [0.5, 0.6) is 0 Å². The predicted octanol–water partition coefficient (Wildman–Crippen LogP) is 4.64. The molecule has 0 aliphatic heterocycles. The van der Waals surface area contributed by atoms with Crippen LogP contribution in [0.1, 0.15) is 29.1 Å². The maximum absolute atomic E-state index is 13.3. The molecule has 2 aromatic heterocycles. The van der Waals surface area contributed by atoms with Gasteiger partial charge in [-0.3, -0.25) is 14.2 Å². The third-order valence-corrected chi connectivity index (χ3v) is 5.97. The van der Waals surface area contributed by atoms with Gasteiger partial charge in [0, 0.05) is 16.1 Å². The van der Waals surface area contributed by atoms with Gasteiger partial charge in [-0.1, -0.05) is 36.4 Å². The molecule has 0 aliphatic carbocycles. The van der Waals surface area contributed by atoms with Crippen LogP contribution in [0, 0.1) is 6.92 Å². The van der Waals surface area contributed by atoms with E-state index < -0.39 is 11.9 Å². The Kier molecular flexibility index (Phi) is 6.37. The molecule has 7 nitrogen and oxygen atoms in total. The summed E-state index contributed by atoms with van der Waals surface area (Å²) in [5, 5.41) is 3.25. The van der Waals surface area contributed by atoms with Crippen LogP contribution in [0.25, 0.3) is 21.3 Å². The zero-order valence-corrected chi connectivity index (χ0v) is 19.3. The molecule has 0 aliphatic rings.